The first-order valence-corrected chi connectivity index (χ1v) is 6.45. The summed E-state index contributed by atoms with van der Waals surface area (Å²) in [6.07, 6.45) is 0. The van der Waals surface area contributed by atoms with Gasteiger partial charge in [0.05, 0.1) is 0 Å². The van der Waals surface area contributed by atoms with Crippen molar-refractivity contribution in [3.63, 3.8) is 0 Å². The van der Waals surface area contributed by atoms with E-state index in [9.17, 15) is 9.18 Å². The quantitative estimate of drug-likeness (QED) is 0.906. The Hall–Kier alpha value is -2.07. The van der Waals surface area contributed by atoms with Crippen LogP contribution in [0, 0.1) is 5.82 Å². The van der Waals surface area contributed by atoms with E-state index in [-0.39, 0.29) is 18.4 Å². The van der Waals surface area contributed by atoms with Crippen LogP contribution in [0.1, 0.15) is 5.56 Å². The molecular formula is C15H14ClFN2O. The lowest BCUT2D eigenvalue weighted by atomic mass is 10.2. The molecule has 0 aromatic heterocycles. The summed E-state index contributed by atoms with van der Waals surface area (Å²) in [6.45, 7) is 0.200. The van der Waals surface area contributed by atoms with Crippen LogP contribution in [-0.4, -0.2) is 18.0 Å². The van der Waals surface area contributed by atoms with Crippen molar-refractivity contribution in [2.24, 2.45) is 0 Å². The van der Waals surface area contributed by atoms with Gasteiger partial charge in [-0.25, -0.2) is 9.18 Å². The van der Waals surface area contributed by atoms with E-state index in [1.54, 1.807) is 49.5 Å². The molecule has 0 saturated carbocycles. The molecule has 0 aliphatic heterocycles. The lowest BCUT2D eigenvalue weighted by Gasteiger charge is -2.18. The van der Waals surface area contributed by atoms with Crippen molar-refractivity contribution in [2.45, 2.75) is 6.54 Å². The van der Waals surface area contributed by atoms with Gasteiger partial charge in [-0.1, -0.05) is 29.8 Å². The second-order valence-electron chi connectivity index (χ2n) is 4.38. The Balaban J connectivity index is 1.99. The minimum absolute atomic E-state index is 0.200. The summed E-state index contributed by atoms with van der Waals surface area (Å²) in [6, 6.07) is 12.9. The topological polar surface area (TPSA) is 32.3 Å². The number of benzene rings is 2. The molecule has 5 heteroatoms. The van der Waals surface area contributed by atoms with E-state index in [2.05, 4.69) is 5.32 Å². The van der Waals surface area contributed by atoms with Crippen molar-refractivity contribution in [3.8, 4) is 0 Å². The van der Waals surface area contributed by atoms with Crippen LogP contribution in [0.2, 0.25) is 5.02 Å². The van der Waals surface area contributed by atoms with Gasteiger partial charge in [-0.2, -0.15) is 0 Å². The summed E-state index contributed by atoms with van der Waals surface area (Å²) in [5.41, 5.74) is 1.11. The lowest BCUT2D eigenvalue weighted by molar-refractivity contribution is 0.220. The molecule has 0 spiro atoms. The van der Waals surface area contributed by atoms with Gasteiger partial charge >= 0.3 is 6.03 Å². The van der Waals surface area contributed by atoms with Gasteiger partial charge < -0.3 is 10.2 Å². The number of anilines is 1. The number of carbonyl (C=O) groups is 1. The van der Waals surface area contributed by atoms with Crippen LogP contribution in [0.4, 0.5) is 14.9 Å². The van der Waals surface area contributed by atoms with Gasteiger partial charge in [0.15, 0.2) is 0 Å². The van der Waals surface area contributed by atoms with Crippen LogP contribution >= 0.6 is 11.6 Å². The minimum Gasteiger partial charge on any atom is -0.323 e. The normalized spacial score (nSPS) is 10.2. The number of urea groups is 1. The smallest absolute Gasteiger partial charge is 0.321 e. The standard InChI is InChI=1S/C15H14ClFN2O/c1-19(10-11-4-2-3-5-14(11)17)15(20)18-13-8-6-12(16)7-9-13/h2-9H,10H2,1H3,(H,18,20). The number of hydrogen-bond donors (Lipinski definition) is 1. The van der Waals surface area contributed by atoms with Gasteiger partial charge in [-0.05, 0) is 30.3 Å². The molecule has 0 radical (unpaired) electrons. The molecule has 0 aliphatic carbocycles. The molecule has 0 unspecified atom stereocenters. The number of amides is 2. The lowest BCUT2D eigenvalue weighted by Crippen LogP contribution is -2.31. The zero-order valence-electron chi connectivity index (χ0n) is 10.9. The van der Waals surface area contributed by atoms with Crippen LogP contribution in [0.15, 0.2) is 48.5 Å². The molecule has 0 saturated heterocycles. The van der Waals surface area contributed by atoms with Gasteiger partial charge in [-0.15, -0.1) is 0 Å². The first kappa shape index (κ1) is 14.3. The van der Waals surface area contributed by atoms with E-state index in [1.165, 1.54) is 11.0 Å². The average molecular weight is 293 g/mol. The van der Waals surface area contributed by atoms with Gasteiger partial charge in [0.1, 0.15) is 5.82 Å². The van der Waals surface area contributed by atoms with Gasteiger partial charge in [0, 0.05) is 29.9 Å². The average Bonchev–Trinajstić information content (AvgIpc) is 2.44. The summed E-state index contributed by atoms with van der Waals surface area (Å²) in [4.78, 5) is 13.4. The van der Waals surface area contributed by atoms with Crippen LogP contribution in [-0.2, 0) is 6.54 Å². The first-order chi connectivity index (χ1) is 9.56. The van der Waals surface area contributed by atoms with Crippen LogP contribution in [0.3, 0.4) is 0 Å². The summed E-state index contributed by atoms with van der Waals surface area (Å²) < 4.78 is 13.5. The highest BCUT2D eigenvalue weighted by Gasteiger charge is 2.11. The molecule has 2 rings (SSSR count). The highest BCUT2D eigenvalue weighted by Crippen LogP contribution is 2.14. The third-order valence-corrected chi connectivity index (χ3v) is 3.06. The largest absolute Gasteiger partial charge is 0.323 e. The van der Waals surface area contributed by atoms with Crippen molar-refractivity contribution in [2.75, 3.05) is 12.4 Å². The number of rotatable bonds is 3. The third-order valence-electron chi connectivity index (χ3n) is 2.81. The molecule has 0 atom stereocenters. The summed E-state index contributed by atoms with van der Waals surface area (Å²) in [5, 5.41) is 3.31. The fraction of sp³-hybridized carbons (Fsp3) is 0.133. The Kier molecular flexibility index (Phi) is 4.58. The molecule has 104 valence electrons. The molecule has 0 fully saturated rings. The number of nitrogens with zero attached hydrogens (tertiary/aromatic N) is 1. The van der Waals surface area contributed by atoms with Gasteiger partial charge in [-0.3, -0.25) is 0 Å². The van der Waals surface area contributed by atoms with Crippen LogP contribution in [0.25, 0.3) is 0 Å². The summed E-state index contributed by atoms with van der Waals surface area (Å²) >= 11 is 5.77. The summed E-state index contributed by atoms with van der Waals surface area (Å²) in [7, 11) is 1.61. The SMILES string of the molecule is CN(Cc1ccccc1F)C(=O)Nc1ccc(Cl)cc1. The van der Waals surface area contributed by atoms with E-state index < -0.39 is 0 Å². The van der Waals surface area contributed by atoms with Crippen molar-refractivity contribution in [3.05, 3.63) is 64.9 Å². The van der Waals surface area contributed by atoms with Crippen molar-refractivity contribution in [1.29, 1.82) is 0 Å². The number of carbonyl (C=O) groups excluding carboxylic acids is 1. The van der Waals surface area contributed by atoms with Crippen molar-refractivity contribution < 1.29 is 9.18 Å². The fourth-order valence-electron chi connectivity index (χ4n) is 1.71. The second kappa shape index (κ2) is 6.39. The molecule has 2 amide bonds. The Morgan fingerprint density at radius 2 is 1.85 bits per heavy atom. The summed E-state index contributed by atoms with van der Waals surface area (Å²) in [5.74, 6) is -0.321. The number of nitrogens with one attached hydrogen (secondary N) is 1. The van der Waals surface area contributed by atoms with E-state index >= 15 is 0 Å². The zero-order valence-corrected chi connectivity index (χ0v) is 11.7. The van der Waals surface area contributed by atoms with Crippen molar-refractivity contribution in [1.82, 2.24) is 4.90 Å². The third kappa shape index (κ3) is 3.71. The molecule has 20 heavy (non-hydrogen) atoms. The predicted octanol–water partition coefficient (Wildman–Crippen LogP) is 4.14. The predicted molar refractivity (Wildman–Crippen MR) is 78.3 cm³/mol. The maximum atomic E-state index is 13.5. The fourth-order valence-corrected chi connectivity index (χ4v) is 1.83. The molecule has 0 bridgehead atoms. The Labute approximate surface area is 122 Å². The zero-order chi connectivity index (χ0) is 14.5. The molecule has 2 aromatic rings. The highest BCUT2D eigenvalue weighted by molar-refractivity contribution is 6.30. The van der Waals surface area contributed by atoms with E-state index in [4.69, 9.17) is 11.6 Å². The minimum atomic E-state index is -0.321. The maximum absolute atomic E-state index is 13.5. The highest BCUT2D eigenvalue weighted by atomic mass is 35.5. The Morgan fingerprint density at radius 1 is 1.20 bits per heavy atom. The second-order valence-corrected chi connectivity index (χ2v) is 4.82. The molecule has 1 N–H and O–H groups in total. The van der Waals surface area contributed by atoms with Crippen molar-refractivity contribution >= 4 is 23.3 Å². The van der Waals surface area contributed by atoms with Crippen LogP contribution in [0.5, 0.6) is 0 Å². The number of halogens is 2. The molecule has 3 nitrogen and oxygen atoms in total. The monoisotopic (exact) mass is 292 g/mol. The van der Waals surface area contributed by atoms with E-state index in [0.717, 1.165) is 0 Å². The maximum Gasteiger partial charge on any atom is 0.321 e. The molecular weight excluding hydrogens is 279 g/mol. The molecule has 0 heterocycles. The first-order valence-electron chi connectivity index (χ1n) is 6.07. The van der Waals surface area contributed by atoms with Crippen LogP contribution < -0.4 is 5.32 Å². The van der Waals surface area contributed by atoms with Gasteiger partial charge in [0.25, 0.3) is 0 Å². The Bertz CT molecular complexity index is 601. The molecule has 0 aliphatic rings. The number of hydrogen-bond acceptors (Lipinski definition) is 1. The Morgan fingerprint density at radius 3 is 2.50 bits per heavy atom. The van der Waals surface area contributed by atoms with E-state index in [1.807, 2.05) is 0 Å². The van der Waals surface area contributed by atoms with Gasteiger partial charge in [0.2, 0.25) is 0 Å². The van der Waals surface area contributed by atoms with E-state index in [0.29, 0.717) is 16.3 Å². The molecule has 2 aromatic carbocycles.